The maximum Gasteiger partial charge on any atom is 0.287 e. The predicted octanol–water partition coefficient (Wildman–Crippen LogP) is 3.39. The number of carbonyl (C=O) groups is 1. The first-order chi connectivity index (χ1) is 11.6. The molecule has 3 rings (SSSR count). The summed E-state index contributed by atoms with van der Waals surface area (Å²) in [7, 11) is 1.56. The largest absolute Gasteiger partial charge is 0.496 e. The molecule has 5 nitrogen and oxygen atoms in total. The Morgan fingerprint density at radius 2 is 2.00 bits per heavy atom. The van der Waals surface area contributed by atoms with Crippen molar-refractivity contribution in [3.8, 4) is 5.75 Å². The molecule has 0 radical (unpaired) electrons. The third kappa shape index (κ3) is 3.26. The molecule has 0 unspecified atom stereocenters. The van der Waals surface area contributed by atoms with E-state index in [0.717, 1.165) is 11.6 Å². The van der Waals surface area contributed by atoms with Crippen molar-refractivity contribution in [3.05, 3.63) is 75.1 Å². The van der Waals surface area contributed by atoms with E-state index >= 15 is 0 Å². The molecule has 1 heterocycles. The van der Waals surface area contributed by atoms with Crippen LogP contribution in [0.3, 0.4) is 0 Å². The number of benzene rings is 2. The Balaban J connectivity index is 1.84. The quantitative estimate of drug-likeness (QED) is 0.788. The zero-order valence-electron chi connectivity index (χ0n) is 12.8. The van der Waals surface area contributed by atoms with Gasteiger partial charge < -0.3 is 14.5 Å². The SMILES string of the molecule is COc1ccccc1CNC(=O)c1cc(=O)c2cc(Cl)ccc2o1. The predicted molar refractivity (Wildman–Crippen MR) is 91.7 cm³/mol. The number of fused-ring (bicyclic) bond motifs is 1. The van der Waals surface area contributed by atoms with Crippen LogP contribution in [0.1, 0.15) is 16.1 Å². The number of halogens is 1. The van der Waals surface area contributed by atoms with Gasteiger partial charge >= 0.3 is 0 Å². The first-order valence-corrected chi connectivity index (χ1v) is 7.60. The summed E-state index contributed by atoms with van der Waals surface area (Å²) in [4.78, 5) is 24.4. The van der Waals surface area contributed by atoms with E-state index < -0.39 is 5.91 Å². The number of nitrogens with one attached hydrogen (secondary N) is 1. The van der Waals surface area contributed by atoms with Gasteiger partial charge in [-0.2, -0.15) is 0 Å². The summed E-state index contributed by atoms with van der Waals surface area (Å²) in [5, 5.41) is 3.49. The summed E-state index contributed by atoms with van der Waals surface area (Å²) in [6.45, 7) is 0.255. The van der Waals surface area contributed by atoms with Gasteiger partial charge in [0.15, 0.2) is 11.2 Å². The topological polar surface area (TPSA) is 68.5 Å². The van der Waals surface area contributed by atoms with Crippen molar-refractivity contribution in [1.82, 2.24) is 5.32 Å². The van der Waals surface area contributed by atoms with Crippen LogP contribution in [0, 0.1) is 0 Å². The molecule has 0 aliphatic heterocycles. The molecule has 1 amide bonds. The zero-order valence-corrected chi connectivity index (χ0v) is 13.6. The fourth-order valence-corrected chi connectivity index (χ4v) is 2.52. The van der Waals surface area contributed by atoms with E-state index in [1.807, 2.05) is 18.2 Å². The van der Waals surface area contributed by atoms with Crippen molar-refractivity contribution < 1.29 is 13.9 Å². The molecule has 0 fully saturated rings. The molecule has 1 aromatic heterocycles. The Kier molecular flexibility index (Phi) is 4.53. The monoisotopic (exact) mass is 343 g/mol. The number of para-hydroxylation sites is 1. The molecule has 24 heavy (non-hydrogen) atoms. The maximum absolute atomic E-state index is 12.3. The summed E-state index contributed by atoms with van der Waals surface area (Å²) in [6, 6.07) is 13.2. The van der Waals surface area contributed by atoms with E-state index in [1.165, 1.54) is 6.07 Å². The minimum Gasteiger partial charge on any atom is -0.496 e. The highest BCUT2D eigenvalue weighted by Crippen LogP contribution is 2.19. The van der Waals surface area contributed by atoms with Crippen LogP contribution in [0.4, 0.5) is 0 Å². The molecular formula is C18H14ClNO4. The highest BCUT2D eigenvalue weighted by atomic mass is 35.5. The highest BCUT2D eigenvalue weighted by Gasteiger charge is 2.13. The van der Waals surface area contributed by atoms with Crippen molar-refractivity contribution >= 4 is 28.5 Å². The Labute approximate surface area is 142 Å². The van der Waals surface area contributed by atoms with Crippen molar-refractivity contribution in [1.29, 1.82) is 0 Å². The van der Waals surface area contributed by atoms with Gasteiger partial charge in [0.05, 0.1) is 12.5 Å². The zero-order chi connectivity index (χ0) is 17.1. The fourth-order valence-electron chi connectivity index (χ4n) is 2.35. The molecule has 6 heteroatoms. The van der Waals surface area contributed by atoms with Crippen LogP contribution in [0.5, 0.6) is 5.75 Å². The maximum atomic E-state index is 12.3. The Morgan fingerprint density at radius 3 is 2.79 bits per heavy atom. The molecule has 0 bridgehead atoms. The van der Waals surface area contributed by atoms with Crippen LogP contribution < -0.4 is 15.5 Å². The number of amides is 1. The molecule has 1 N–H and O–H groups in total. The minimum absolute atomic E-state index is 0.0512. The molecule has 2 aromatic carbocycles. The molecule has 0 aliphatic carbocycles. The molecule has 3 aromatic rings. The van der Waals surface area contributed by atoms with E-state index in [1.54, 1.807) is 25.3 Å². The van der Waals surface area contributed by atoms with Gasteiger partial charge in [0, 0.05) is 23.2 Å². The lowest BCUT2D eigenvalue weighted by Gasteiger charge is -2.09. The summed E-state index contributed by atoms with van der Waals surface area (Å²) in [5.74, 6) is 0.145. The van der Waals surface area contributed by atoms with Crippen LogP contribution >= 0.6 is 11.6 Å². The van der Waals surface area contributed by atoms with Crippen molar-refractivity contribution in [2.24, 2.45) is 0 Å². The lowest BCUT2D eigenvalue weighted by Crippen LogP contribution is -2.24. The smallest absolute Gasteiger partial charge is 0.287 e. The van der Waals surface area contributed by atoms with E-state index in [-0.39, 0.29) is 17.7 Å². The Morgan fingerprint density at radius 1 is 1.21 bits per heavy atom. The van der Waals surface area contributed by atoms with Gasteiger partial charge in [0.2, 0.25) is 0 Å². The van der Waals surface area contributed by atoms with Crippen molar-refractivity contribution in [3.63, 3.8) is 0 Å². The summed E-state index contributed by atoms with van der Waals surface area (Å²) >= 11 is 5.87. The summed E-state index contributed by atoms with van der Waals surface area (Å²) < 4.78 is 10.7. The highest BCUT2D eigenvalue weighted by molar-refractivity contribution is 6.31. The third-order valence-corrected chi connectivity index (χ3v) is 3.78. The number of methoxy groups -OCH3 is 1. The first-order valence-electron chi connectivity index (χ1n) is 7.22. The summed E-state index contributed by atoms with van der Waals surface area (Å²) in [5.41, 5.74) is 0.818. The van der Waals surface area contributed by atoms with Crippen LogP contribution in [0.25, 0.3) is 11.0 Å². The fraction of sp³-hybridized carbons (Fsp3) is 0.111. The van der Waals surface area contributed by atoms with Crippen LogP contribution in [-0.4, -0.2) is 13.0 Å². The number of carbonyl (C=O) groups excluding carboxylic acids is 1. The number of hydrogen-bond donors (Lipinski definition) is 1. The average Bonchev–Trinajstić information content (AvgIpc) is 2.60. The normalized spacial score (nSPS) is 10.6. The van der Waals surface area contributed by atoms with Crippen LogP contribution in [0.2, 0.25) is 5.02 Å². The van der Waals surface area contributed by atoms with E-state index in [2.05, 4.69) is 5.32 Å². The third-order valence-electron chi connectivity index (χ3n) is 3.54. The van der Waals surface area contributed by atoms with E-state index in [9.17, 15) is 9.59 Å². The molecule has 122 valence electrons. The molecular weight excluding hydrogens is 330 g/mol. The Hall–Kier alpha value is -2.79. The molecule has 0 spiro atoms. The van der Waals surface area contributed by atoms with Crippen LogP contribution in [-0.2, 0) is 6.54 Å². The van der Waals surface area contributed by atoms with Gasteiger partial charge in [-0.25, -0.2) is 0 Å². The van der Waals surface area contributed by atoms with Gasteiger partial charge in [-0.05, 0) is 24.3 Å². The minimum atomic E-state index is -0.477. The van der Waals surface area contributed by atoms with Gasteiger partial charge in [0.1, 0.15) is 11.3 Å². The number of hydrogen-bond acceptors (Lipinski definition) is 4. The number of rotatable bonds is 4. The molecule has 0 saturated heterocycles. The molecule has 0 atom stereocenters. The van der Waals surface area contributed by atoms with Gasteiger partial charge in [-0.15, -0.1) is 0 Å². The lowest BCUT2D eigenvalue weighted by molar-refractivity contribution is 0.0923. The van der Waals surface area contributed by atoms with Gasteiger partial charge in [-0.1, -0.05) is 29.8 Å². The number of ether oxygens (including phenoxy) is 1. The molecule has 0 saturated carbocycles. The lowest BCUT2D eigenvalue weighted by atomic mass is 10.2. The van der Waals surface area contributed by atoms with Crippen molar-refractivity contribution in [2.45, 2.75) is 6.54 Å². The second-order valence-corrected chi connectivity index (χ2v) is 5.55. The van der Waals surface area contributed by atoms with Crippen LogP contribution in [0.15, 0.2) is 57.7 Å². The van der Waals surface area contributed by atoms with Gasteiger partial charge in [-0.3, -0.25) is 9.59 Å². The van der Waals surface area contributed by atoms with Gasteiger partial charge in [0.25, 0.3) is 5.91 Å². The standard InChI is InChI=1S/C18H14ClNO4/c1-23-15-5-3-2-4-11(15)10-20-18(22)17-9-14(21)13-8-12(19)6-7-16(13)24-17/h2-9H,10H2,1H3,(H,20,22). The van der Waals surface area contributed by atoms with E-state index in [4.69, 9.17) is 20.8 Å². The first kappa shape index (κ1) is 16.1. The second kappa shape index (κ2) is 6.76. The second-order valence-electron chi connectivity index (χ2n) is 5.11. The molecule has 0 aliphatic rings. The van der Waals surface area contributed by atoms with E-state index in [0.29, 0.717) is 21.7 Å². The van der Waals surface area contributed by atoms with Crippen molar-refractivity contribution in [2.75, 3.05) is 7.11 Å². The average molecular weight is 344 g/mol. The summed E-state index contributed by atoms with van der Waals surface area (Å²) in [6.07, 6.45) is 0. The Bertz CT molecular complexity index is 965.